The SMILES string of the molecule is CC(=O)Nc1ccc(NCc2ccc([N+](=O)[O-])s2)cc1Cl. The van der Waals surface area contributed by atoms with Crippen molar-refractivity contribution in [2.75, 3.05) is 10.6 Å². The van der Waals surface area contributed by atoms with E-state index >= 15 is 0 Å². The van der Waals surface area contributed by atoms with Crippen molar-refractivity contribution in [3.05, 3.63) is 50.3 Å². The topological polar surface area (TPSA) is 84.3 Å². The van der Waals surface area contributed by atoms with Crippen LogP contribution < -0.4 is 10.6 Å². The lowest BCUT2D eigenvalue weighted by Gasteiger charge is -2.09. The predicted octanol–water partition coefficient (Wildman–Crippen LogP) is 3.88. The number of thiophene rings is 1. The van der Waals surface area contributed by atoms with E-state index in [1.165, 1.54) is 13.0 Å². The fourth-order valence-corrected chi connectivity index (χ4v) is 2.65. The van der Waals surface area contributed by atoms with Gasteiger partial charge in [0, 0.05) is 30.1 Å². The van der Waals surface area contributed by atoms with Crippen LogP contribution in [-0.4, -0.2) is 10.8 Å². The molecule has 0 spiro atoms. The van der Waals surface area contributed by atoms with E-state index in [1.54, 1.807) is 24.3 Å². The van der Waals surface area contributed by atoms with Crippen LogP contribution in [0.5, 0.6) is 0 Å². The third kappa shape index (κ3) is 4.17. The van der Waals surface area contributed by atoms with Gasteiger partial charge in [0.1, 0.15) is 0 Å². The summed E-state index contributed by atoms with van der Waals surface area (Å²) in [5.41, 5.74) is 1.31. The van der Waals surface area contributed by atoms with Crippen LogP contribution in [0.15, 0.2) is 30.3 Å². The summed E-state index contributed by atoms with van der Waals surface area (Å²) in [4.78, 5) is 22.0. The summed E-state index contributed by atoms with van der Waals surface area (Å²) in [7, 11) is 0. The highest BCUT2D eigenvalue weighted by Gasteiger charge is 2.09. The van der Waals surface area contributed by atoms with Gasteiger partial charge in [-0.2, -0.15) is 0 Å². The smallest absolute Gasteiger partial charge is 0.324 e. The summed E-state index contributed by atoms with van der Waals surface area (Å²) >= 11 is 7.18. The van der Waals surface area contributed by atoms with Crippen molar-refractivity contribution in [1.29, 1.82) is 0 Å². The van der Waals surface area contributed by atoms with Crippen LogP contribution in [0, 0.1) is 10.1 Å². The van der Waals surface area contributed by atoms with Gasteiger partial charge in [0.25, 0.3) is 0 Å². The number of hydrogen-bond donors (Lipinski definition) is 2. The summed E-state index contributed by atoms with van der Waals surface area (Å²) < 4.78 is 0. The van der Waals surface area contributed by atoms with Crippen molar-refractivity contribution in [2.24, 2.45) is 0 Å². The second-order valence-corrected chi connectivity index (χ2v) is 5.78. The van der Waals surface area contributed by atoms with Gasteiger partial charge >= 0.3 is 5.00 Å². The molecule has 8 heteroatoms. The Morgan fingerprint density at radius 2 is 2.14 bits per heavy atom. The first-order valence-electron chi connectivity index (χ1n) is 6.00. The molecule has 1 aromatic heterocycles. The monoisotopic (exact) mass is 325 g/mol. The van der Waals surface area contributed by atoms with Crippen molar-refractivity contribution in [3.63, 3.8) is 0 Å². The molecule has 21 heavy (non-hydrogen) atoms. The first-order valence-corrected chi connectivity index (χ1v) is 7.19. The zero-order valence-corrected chi connectivity index (χ0v) is 12.6. The fourth-order valence-electron chi connectivity index (χ4n) is 1.66. The van der Waals surface area contributed by atoms with E-state index in [0.717, 1.165) is 21.9 Å². The number of amides is 1. The number of nitro groups is 1. The third-order valence-corrected chi connectivity index (χ3v) is 3.92. The highest BCUT2D eigenvalue weighted by atomic mass is 35.5. The highest BCUT2D eigenvalue weighted by Crippen LogP contribution is 2.27. The Kier molecular flexibility index (Phi) is 4.77. The van der Waals surface area contributed by atoms with Gasteiger partial charge in [-0.3, -0.25) is 14.9 Å². The number of hydrogen-bond acceptors (Lipinski definition) is 5. The number of carbonyl (C=O) groups excluding carboxylic acids is 1. The molecule has 0 aliphatic heterocycles. The number of nitrogens with one attached hydrogen (secondary N) is 2. The van der Waals surface area contributed by atoms with Gasteiger partial charge in [-0.1, -0.05) is 22.9 Å². The van der Waals surface area contributed by atoms with E-state index in [4.69, 9.17) is 11.6 Å². The molecule has 110 valence electrons. The molecule has 0 unspecified atom stereocenters. The molecule has 0 bridgehead atoms. The molecular weight excluding hydrogens is 314 g/mol. The number of anilines is 2. The van der Waals surface area contributed by atoms with Crippen molar-refractivity contribution >= 4 is 45.2 Å². The van der Waals surface area contributed by atoms with E-state index in [-0.39, 0.29) is 10.9 Å². The largest absolute Gasteiger partial charge is 0.380 e. The minimum absolute atomic E-state index is 0.117. The first kappa shape index (κ1) is 15.3. The molecule has 0 aliphatic rings. The Bertz CT molecular complexity index is 687. The van der Waals surface area contributed by atoms with Crippen molar-refractivity contribution in [2.45, 2.75) is 13.5 Å². The summed E-state index contributed by atoms with van der Waals surface area (Å²) in [6.07, 6.45) is 0. The van der Waals surface area contributed by atoms with Crippen LogP contribution in [0.25, 0.3) is 0 Å². The van der Waals surface area contributed by atoms with Crippen LogP contribution in [0.4, 0.5) is 16.4 Å². The van der Waals surface area contributed by atoms with Crippen molar-refractivity contribution in [3.8, 4) is 0 Å². The number of carbonyl (C=O) groups is 1. The molecule has 0 saturated carbocycles. The number of halogens is 1. The Balaban J connectivity index is 2.01. The Morgan fingerprint density at radius 3 is 2.71 bits per heavy atom. The average molecular weight is 326 g/mol. The van der Waals surface area contributed by atoms with Crippen LogP contribution in [0.1, 0.15) is 11.8 Å². The predicted molar refractivity (Wildman–Crippen MR) is 84.1 cm³/mol. The van der Waals surface area contributed by atoms with Gasteiger partial charge in [0.05, 0.1) is 15.6 Å². The molecule has 1 heterocycles. The lowest BCUT2D eigenvalue weighted by Crippen LogP contribution is -2.06. The van der Waals surface area contributed by atoms with E-state index in [1.807, 2.05) is 0 Å². The maximum Gasteiger partial charge on any atom is 0.324 e. The molecule has 2 aromatic rings. The molecule has 2 rings (SSSR count). The molecule has 0 aliphatic carbocycles. The zero-order chi connectivity index (χ0) is 15.4. The third-order valence-electron chi connectivity index (χ3n) is 2.57. The van der Waals surface area contributed by atoms with Gasteiger partial charge in [-0.25, -0.2) is 0 Å². The summed E-state index contributed by atoms with van der Waals surface area (Å²) in [5.74, 6) is -0.191. The number of benzene rings is 1. The molecule has 0 atom stereocenters. The fraction of sp³-hybridized carbons (Fsp3) is 0.154. The average Bonchev–Trinajstić information content (AvgIpc) is 2.88. The molecule has 0 saturated heterocycles. The second-order valence-electron chi connectivity index (χ2n) is 4.23. The molecular formula is C13H12ClN3O3S. The van der Waals surface area contributed by atoms with Crippen LogP contribution in [-0.2, 0) is 11.3 Å². The molecule has 1 amide bonds. The Labute approximate surface area is 129 Å². The number of rotatable bonds is 5. The van der Waals surface area contributed by atoms with Gasteiger partial charge in [0.15, 0.2) is 0 Å². The molecule has 0 fully saturated rings. The number of nitrogens with zero attached hydrogens (tertiary/aromatic N) is 1. The second kappa shape index (κ2) is 6.55. The lowest BCUT2D eigenvalue weighted by molar-refractivity contribution is -0.380. The lowest BCUT2D eigenvalue weighted by atomic mass is 10.2. The normalized spacial score (nSPS) is 10.2. The molecule has 1 aromatic carbocycles. The summed E-state index contributed by atoms with van der Waals surface area (Å²) in [5, 5.41) is 16.9. The van der Waals surface area contributed by atoms with Gasteiger partial charge in [-0.15, -0.1) is 0 Å². The van der Waals surface area contributed by atoms with Gasteiger partial charge < -0.3 is 10.6 Å². The zero-order valence-electron chi connectivity index (χ0n) is 11.1. The van der Waals surface area contributed by atoms with Crippen LogP contribution >= 0.6 is 22.9 Å². The molecule has 6 nitrogen and oxygen atoms in total. The van der Waals surface area contributed by atoms with E-state index < -0.39 is 4.92 Å². The summed E-state index contributed by atoms with van der Waals surface area (Å²) in [6, 6.07) is 8.36. The van der Waals surface area contributed by atoms with E-state index in [0.29, 0.717) is 17.3 Å². The summed E-state index contributed by atoms with van der Waals surface area (Å²) in [6.45, 7) is 1.88. The molecule has 0 radical (unpaired) electrons. The van der Waals surface area contributed by atoms with Crippen LogP contribution in [0.2, 0.25) is 5.02 Å². The maximum atomic E-state index is 11.0. The maximum absolute atomic E-state index is 11.0. The minimum atomic E-state index is -0.409. The Morgan fingerprint density at radius 1 is 1.38 bits per heavy atom. The van der Waals surface area contributed by atoms with Gasteiger partial charge in [0.2, 0.25) is 5.91 Å². The molecule has 2 N–H and O–H groups in total. The van der Waals surface area contributed by atoms with Gasteiger partial charge in [-0.05, 0) is 24.3 Å². The highest BCUT2D eigenvalue weighted by molar-refractivity contribution is 7.15. The van der Waals surface area contributed by atoms with Crippen molar-refractivity contribution < 1.29 is 9.72 Å². The Hall–Kier alpha value is -2.12. The van der Waals surface area contributed by atoms with Crippen molar-refractivity contribution in [1.82, 2.24) is 0 Å². The standard InChI is InChI=1S/C13H12ClN3O3S/c1-8(18)16-12-4-2-9(6-11(12)14)15-7-10-3-5-13(21-10)17(19)20/h2-6,15H,7H2,1H3,(H,16,18). The first-order chi connectivity index (χ1) is 9.95. The van der Waals surface area contributed by atoms with E-state index in [9.17, 15) is 14.9 Å². The quantitative estimate of drug-likeness (QED) is 0.645. The van der Waals surface area contributed by atoms with E-state index in [2.05, 4.69) is 10.6 Å². The minimum Gasteiger partial charge on any atom is -0.380 e. The van der Waals surface area contributed by atoms with Crippen LogP contribution in [0.3, 0.4) is 0 Å².